The van der Waals surface area contributed by atoms with E-state index in [0.29, 0.717) is 42.5 Å². The lowest BCUT2D eigenvalue weighted by Gasteiger charge is -2.31. The monoisotopic (exact) mass is 450 g/mol. The molecule has 30 heavy (non-hydrogen) atoms. The number of amides is 1. The van der Waals surface area contributed by atoms with Gasteiger partial charge in [-0.2, -0.15) is 9.41 Å². The summed E-state index contributed by atoms with van der Waals surface area (Å²) in [5.41, 5.74) is 3.29. The van der Waals surface area contributed by atoms with E-state index in [1.54, 1.807) is 13.0 Å². The van der Waals surface area contributed by atoms with Crippen LogP contribution in [0.1, 0.15) is 22.8 Å². The summed E-state index contributed by atoms with van der Waals surface area (Å²) in [5.74, 6) is -0.582. The molecule has 0 radical (unpaired) electrons. The van der Waals surface area contributed by atoms with Crippen molar-refractivity contribution in [3.63, 3.8) is 0 Å². The molecule has 1 fully saturated rings. The number of phenolic OH excluding ortho intramolecular Hbond substituents is 1. The van der Waals surface area contributed by atoms with E-state index in [4.69, 9.17) is 11.6 Å². The average Bonchev–Trinajstić information content (AvgIpc) is 2.74. The molecule has 8 nitrogen and oxygen atoms in total. The summed E-state index contributed by atoms with van der Waals surface area (Å²) in [6, 6.07) is 10.4. The van der Waals surface area contributed by atoms with Crippen LogP contribution in [0.5, 0.6) is 5.75 Å². The number of aromatic hydroxyl groups is 1. The third kappa shape index (κ3) is 4.99. The molecule has 160 valence electrons. The van der Waals surface area contributed by atoms with Crippen LogP contribution in [-0.2, 0) is 10.0 Å². The van der Waals surface area contributed by atoms with Crippen molar-refractivity contribution in [2.24, 2.45) is 5.10 Å². The molecule has 0 saturated carbocycles. The number of sulfonamides is 1. The summed E-state index contributed by atoms with van der Waals surface area (Å²) in [7, 11) is -1.74. The minimum Gasteiger partial charge on any atom is -0.507 e. The van der Waals surface area contributed by atoms with E-state index in [0.717, 1.165) is 0 Å². The van der Waals surface area contributed by atoms with Gasteiger partial charge in [0.25, 0.3) is 5.91 Å². The predicted molar refractivity (Wildman–Crippen MR) is 115 cm³/mol. The van der Waals surface area contributed by atoms with Crippen molar-refractivity contribution in [3.8, 4) is 5.75 Å². The Hall–Kier alpha value is -2.46. The SMILES string of the molecule is CC(=NNC(=O)c1cccc(S(=O)(=O)N2CCN(C)CC2)c1)c1cc(Cl)ccc1O. The topological polar surface area (TPSA) is 102 Å². The predicted octanol–water partition coefficient (Wildman–Crippen LogP) is 2.14. The number of carbonyl (C=O) groups is 1. The van der Waals surface area contributed by atoms with Crippen LogP contribution in [0.4, 0.5) is 0 Å². The molecule has 2 N–H and O–H groups in total. The number of hydrazone groups is 1. The zero-order chi connectivity index (χ0) is 21.9. The van der Waals surface area contributed by atoms with Gasteiger partial charge in [-0.25, -0.2) is 13.8 Å². The summed E-state index contributed by atoms with van der Waals surface area (Å²) in [6.45, 7) is 3.73. The van der Waals surface area contributed by atoms with Gasteiger partial charge in [0.1, 0.15) is 5.75 Å². The Morgan fingerprint density at radius 3 is 2.53 bits per heavy atom. The average molecular weight is 451 g/mol. The Morgan fingerprint density at radius 2 is 1.83 bits per heavy atom. The Labute approximate surface area is 180 Å². The zero-order valence-corrected chi connectivity index (χ0v) is 18.2. The van der Waals surface area contributed by atoms with Crippen LogP contribution < -0.4 is 5.43 Å². The molecule has 0 aliphatic carbocycles. The molecule has 2 aromatic carbocycles. The lowest BCUT2D eigenvalue weighted by atomic mass is 10.1. The van der Waals surface area contributed by atoms with Crippen molar-refractivity contribution in [2.75, 3.05) is 33.2 Å². The second-order valence-corrected chi connectivity index (χ2v) is 9.41. The van der Waals surface area contributed by atoms with Crippen molar-refractivity contribution in [3.05, 3.63) is 58.6 Å². The third-order valence-corrected chi connectivity index (χ3v) is 7.00. The molecule has 10 heteroatoms. The molecule has 3 rings (SSSR count). The molecular formula is C20H23ClN4O4S. The van der Waals surface area contributed by atoms with Gasteiger partial charge < -0.3 is 10.0 Å². The molecule has 0 spiro atoms. The van der Waals surface area contributed by atoms with Gasteiger partial charge in [0.05, 0.1) is 10.6 Å². The number of hydrogen-bond acceptors (Lipinski definition) is 6. The Kier molecular flexibility index (Phi) is 6.77. The number of carbonyl (C=O) groups excluding carboxylic acids is 1. The molecule has 1 heterocycles. The maximum absolute atomic E-state index is 12.9. The van der Waals surface area contributed by atoms with E-state index in [9.17, 15) is 18.3 Å². The Balaban J connectivity index is 1.77. The van der Waals surface area contributed by atoms with Crippen LogP contribution >= 0.6 is 11.6 Å². The van der Waals surface area contributed by atoms with Gasteiger partial charge in [-0.3, -0.25) is 4.79 Å². The van der Waals surface area contributed by atoms with Crippen molar-refractivity contribution in [1.82, 2.24) is 14.6 Å². The first-order chi connectivity index (χ1) is 14.2. The van der Waals surface area contributed by atoms with E-state index >= 15 is 0 Å². The van der Waals surface area contributed by atoms with E-state index in [2.05, 4.69) is 15.4 Å². The summed E-state index contributed by atoms with van der Waals surface area (Å²) >= 11 is 5.93. The van der Waals surface area contributed by atoms with Crippen molar-refractivity contribution < 1.29 is 18.3 Å². The Bertz CT molecular complexity index is 1080. The Morgan fingerprint density at radius 1 is 1.13 bits per heavy atom. The largest absolute Gasteiger partial charge is 0.507 e. The first kappa shape index (κ1) is 22.2. The maximum atomic E-state index is 12.9. The van der Waals surface area contributed by atoms with E-state index < -0.39 is 15.9 Å². The highest BCUT2D eigenvalue weighted by Crippen LogP contribution is 2.22. The number of piperazine rings is 1. The van der Waals surface area contributed by atoms with Gasteiger partial charge in [-0.05, 0) is 50.4 Å². The minimum atomic E-state index is -3.68. The molecule has 0 atom stereocenters. The number of benzene rings is 2. The second-order valence-electron chi connectivity index (χ2n) is 7.03. The quantitative estimate of drug-likeness (QED) is 0.536. The maximum Gasteiger partial charge on any atom is 0.271 e. The highest BCUT2D eigenvalue weighted by Gasteiger charge is 2.27. The van der Waals surface area contributed by atoms with Crippen LogP contribution in [0.2, 0.25) is 5.02 Å². The molecule has 1 saturated heterocycles. The summed E-state index contributed by atoms with van der Waals surface area (Å²) in [4.78, 5) is 14.6. The van der Waals surface area contributed by atoms with E-state index in [1.807, 2.05) is 7.05 Å². The lowest BCUT2D eigenvalue weighted by Crippen LogP contribution is -2.47. The molecule has 2 aromatic rings. The van der Waals surface area contributed by atoms with Gasteiger partial charge in [0, 0.05) is 42.3 Å². The van der Waals surface area contributed by atoms with E-state index in [1.165, 1.54) is 40.7 Å². The van der Waals surface area contributed by atoms with Gasteiger partial charge in [0.15, 0.2) is 0 Å². The molecule has 0 aromatic heterocycles. The molecule has 1 aliphatic heterocycles. The smallest absolute Gasteiger partial charge is 0.271 e. The van der Waals surface area contributed by atoms with Gasteiger partial charge in [0.2, 0.25) is 10.0 Å². The first-order valence-corrected chi connectivity index (χ1v) is 11.1. The fourth-order valence-electron chi connectivity index (χ4n) is 3.03. The van der Waals surface area contributed by atoms with Crippen molar-refractivity contribution >= 4 is 33.2 Å². The number of likely N-dealkylation sites (N-methyl/N-ethyl adjacent to an activating group) is 1. The highest BCUT2D eigenvalue weighted by atomic mass is 35.5. The van der Waals surface area contributed by atoms with Crippen LogP contribution in [0.3, 0.4) is 0 Å². The number of nitrogens with one attached hydrogen (secondary N) is 1. The van der Waals surface area contributed by atoms with Crippen LogP contribution in [0, 0.1) is 0 Å². The summed E-state index contributed by atoms with van der Waals surface area (Å²) in [6.07, 6.45) is 0. The highest BCUT2D eigenvalue weighted by molar-refractivity contribution is 7.89. The number of phenols is 1. The number of hydrogen-bond donors (Lipinski definition) is 2. The van der Waals surface area contributed by atoms with Gasteiger partial charge >= 0.3 is 0 Å². The fourth-order valence-corrected chi connectivity index (χ4v) is 4.67. The first-order valence-electron chi connectivity index (χ1n) is 9.31. The zero-order valence-electron chi connectivity index (χ0n) is 16.7. The van der Waals surface area contributed by atoms with Crippen LogP contribution in [0.15, 0.2) is 52.5 Å². The standard InChI is InChI=1S/C20H23ClN4O4S/c1-14(18-13-16(21)6-7-19(18)26)22-23-20(27)15-4-3-5-17(12-15)30(28,29)25-10-8-24(2)9-11-25/h3-7,12-13,26H,8-11H2,1-2H3,(H,23,27). The molecule has 0 bridgehead atoms. The lowest BCUT2D eigenvalue weighted by molar-refractivity contribution is 0.0954. The van der Waals surface area contributed by atoms with E-state index in [-0.39, 0.29) is 16.2 Å². The molecule has 0 unspecified atom stereocenters. The molecular weight excluding hydrogens is 428 g/mol. The van der Waals surface area contributed by atoms with Gasteiger partial charge in [-0.1, -0.05) is 17.7 Å². The van der Waals surface area contributed by atoms with Crippen molar-refractivity contribution in [2.45, 2.75) is 11.8 Å². The second kappa shape index (κ2) is 9.13. The molecule has 1 aliphatic rings. The van der Waals surface area contributed by atoms with Gasteiger partial charge in [-0.15, -0.1) is 0 Å². The number of rotatable bonds is 5. The van der Waals surface area contributed by atoms with Crippen LogP contribution in [-0.4, -0.2) is 67.6 Å². The number of nitrogens with zero attached hydrogens (tertiary/aromatic N) is 3. The fraction of sp³-hybridized carbons (Fsp3) is 0.300. The molecule has 1 amide bonds. The van der Waals surface area contributed by atoms with Crippen LogP contribution in [0.25, 0.3) is 0 Å². The normalized spacial score (nSPS) is 16.4. The third-order valence-electron chi connectivity index (χ3n) is 4.87. The van der Waals surface area contributed by atoms with Crippen molar-refractivity contribution in [1.29, 1.82) is 0 Å². The minimum absolute atomic E-state index is 0.0184. The summed E-state index contributed by atoms with van der Waals surface area (Å²) in [5, 5.41) is 14.3. The summed E-state index contributed by atoms with van der Waals surface area (Å²) < 4.78 is 27.2. The number of halogens is 1.